The molecule has 1 aliphatic heterocycles. The Morgan fingerprint density at radius 2 is 1.68 bits per heavy atom. The summed E-state index contributed by atoms with van der Waals surface area (Å²) in [6.45, 7) is 1.23. The van der Waals surface area contributed by atoms with Crippen LogP contribution >= 0.6 is 0 Å². The molecule has 2 N–H and O–H groups in total. The number of nitrogens with zero attached hydrogens (tertiary/aromatic N) is 1. The van der Waals surface area contributed by atoms with E-state index < -0.39 is 17.5 Å². The van der Waals surface area contributed by atoms with Crippen LogP contribution in [-0.4, -0.2) is 29.9 Å². The summed E-state index contributed by atoms with van der Waals surface area (Å²) in [5.41, 5.74) is 7.44. The smallest absolute Gasteiger partial charge is 0.222 e. The molecule has 150 valence electrons. The Labute approximate surface area is 163 Å². The van der Waals surface area contributed by atoms with E-state index >= 15 is 0 Å². The van der Waals surface area contributed by atoms with Crippen LogP contribution in [0.3, 0.4) is 0 Å². The van der Waals surface area contributed by atoms with Crippen molar-refractivity contribution in [1.29, 1.82) is 0 Å². The van der Waals surface area contributed by atoms with E-state index in [0.29, 0.717) is 32.0 Å². The van der Waals surface area contributed by atoms with Crippen LogP contribution in [0, 0.1) is 23.4 Å². The molecule has 0 unspecified atom stereocenters. The van der Waals surface area contributed by atoms with Gasteiger partial charge < -0.3 is 10.6 Å². The van der Waals surface area contributed by atoms with Crippen LogP contribution in [0.1, 0.15) is 30.4 Å². The van der Waals surface area contributed by atoms with Crippen LogP contribution in [0.25, 0.3) is 0 Å². The zero-order valence-corrected chi connectivity index (χ0v) is 15.7. The third-order valence-corrected chi connectivity index (χ3v) is 5.51. The molecule has 1 heterocycles. The van der Waals surface area contributed by atoms with Gasteiger partial charge in [-0.3, -0.25) is 4.79 Å². The summed E-state index contributed by atoms with van der Waals surface area (Å²) in [4.78, 5) is 14.3. The molecule has 2 aromatic rings. The van der Waals surface area contributed by atoms with E-state index in [-0.39, 0.29) is 29.9 Å². The second kappa shape index (κ2) is 9.24. The van der Waals surface area contributed by atoms with E-state index in [4.69, 9.17) is 5.73 Å². The Balaban J connectivity index is 1.48. The molecule has 1 atom stereocenters. The van der Waals surface area contributed by atoms with Gasteiger partial charge in [0.1, 0.15) is 5.82 Å². The Hall–Kier alpha value is -2.34. The molecule has 28 heavy (non-hydrogen) atoms. The number of rotatable bonds is 6. The van der Waals surface area contributed by atoms with Gasteiger partial charge in [0, 0.05) is 31.6 Å². The van der Waals surface area contributed by atoms with Gasteiger partial charge in [0.25, 0.3) is 0 Å². The molecule has 1 fully saturated rings. The molecular weight excluding hydrogens is 365 g/mol. The molecular formula is C22H25F3N2O. The quantitative estimate of drug-likeness (QED) is 0.762. The molecule has 0 aliphatic carbocycles. The highest BCUT2D eigenvalue weighted by atomic mass is 19.2. The van der Waals surface area contributed by atoms with Gasteiger partial charge >= 0.3 is 0 Å². The lowest BCUT2D eigenvalue weighted by Gasteiger charge is -2.35. The molecule has 1 saturated heterocycles. The van der Waals surface area contributed by atoms with Gasteiger partial charge in [-0.05, 0) is 48.8 Å². The summed E-state index contributed by atoms with van der Waals surface area (Å²) in [7, 11) is 0. The number of nitrogens with two attached hydrogens (primary N) is 1. The first-order valence-corrected chi connectivity index (χ1v) is 9.64. The number of halogens is 3. The van der Waals surface area contributed by atoms with Crippen molar-refractivity contribution in [2.24, 2.45) is 11.7 Å². The Kier molecular flexibility index (Phi) is 6.73. The fraction of sp³-hybridized carbons (Fsp3) is 0.409. The third kappa shape index (κ3) is 5.13. The predicted molar refractivity (Wildman–Crippen MR) is 102 cm³/mol. The number of piperidine rings is 1. The molecule has 0 saturated carbocycles. The second-order valence-electron chi connectivity index (χ2n) is 7.43. The van der Waals surface area contributed by atoms with Crippen LogP contribution in [0.4, 0.5) is 13.2 Å². The number of benzene rings is 2. The van der Waals surface area contributed by atoms with Gasteiger partial charge in [0.05, 0.1) is 0 Å². The SMILES string of the molecule is N[C@H](Cc1cc(F)c(F)cc1F)C1CCN(C(=O)CCc2ccccc2)CC1. The summed E-state index contributed by atoms with van der Waals surface area (Å²) in [5, 5.41) is 0. The zero-order valence-electron chi connectivity index (χ0n) is 15.7. The van der Waals surface area contributed by atoms with Crippen molar-refractivity contribution >= 4 is 5.91 Å². The Bertz CT molecular complexity index is 805. The van der Waals surface area contributed by atoms with Gasteiger partial charge in [-0.1, -0.05) is 30.3 Å². The Morgan fingerprint density at radius 3 is 2.36 bits per heavy atom. The highest BCUT2D eigenvalue weighted by molar-refractivity contribution is 5.76. The number of carbonyl (C=O) groups is 1. The molecule has 3 rings (SSSR count). The van der Waals surface area contributed by atoms with Crippen molar-refractivity contribution < 1.29 is 18.0 Å². The molecule has 1 aliphatic rings. The first-order valence-electron chi connectivity index (χ1n) is 9.64. The third-order valence-electron chi connectivity index (χ3n) is 5.51. The van der Waals surface area contributed by atoms with Crippen molar-refractivity contribution in [1.82, 2.24) is 4.90 Å². The minimum Gasteiger partial charge on any atom is -0.343 e. The van der Waals surface area contributed by atoms with E-state index in [1.54, 1.807) is 0 Å². The van der Waals surface area contributed by atoms with E-state index in [0.717, 1.165) is 24.5 Å². The number of hydrogen-bond donors (Lipinski definition) is 1. The first-order chi connectivity index (χ1) is 13.4. The fourth-order valence-corrected chi connectivity index (χ4v) is 3.77. The van der Waals surface area contributed by atoms with Gasteiger partial charge in [-0.2, -0.15) is 0 Å². The minimum absolute atomic E-state index is 0.0905. The molecule has 6 heteroatoms. The first kappa shape index (κ1) is 20.4. The maximum atomic E-state index is 13.8. The fourth-order valence-electron chi connectivity index (χ4n) is 3.77. The summed E-state index contributed by atoms with van der Waals surface area (Å²) in [6, 6.07) is 11.0. The summed E-state index contributed by atoms with van der Waals surface area (Å²) < 4.78 is 40.3. The summed E-state index contributed by atoms with van der Waals surface area (Å²) in [6.07, 6.45) is 2.79. The van der Waals surface area contributed by atoms with Crippen LogP contribution in [0.2, 0.25) is 0 Å². The van der Waals surface area contributed by atoms with Gasteiger partial charge in [-0.25, -0.2) is 13.2 Å². The minimum atomic E-state index is -1.20. The monoisotopic (exact) mass is 390 g/mol. The number of likely N-dealkylation sites (tertiary alicyclic amines) is 1. The molecule has 0 radical (unpaired) electrons. The number of carbonyl (C=O) groups excluding carboxylic acids is 1. The molecule has 0 bridgehead atoms. The van der Waals surface area contributed by atoms with Crippen LogP contribution < -0.4 is 5.73 Å². The molecule has 0 spiro atoms. The lowest BCUT2D eigenvalue weighted by molar-refractivity contribution is -0.132. The van der Waals surface area contributed by atoms with E-state index in [9.17, 15) is 18.0 Å². The number of hydrogen-bond acceptors (Lipinski definition) is 2. The van der Waals surface area contributed by atoms with Crippen molar-refractivity contribution in [2.45, 2.75) is 38.1 Å². The van der Waals surface area contributed by atoms with Crippen molar-refractivity contribution in [2.75, 3.05) is 13.1 Å². The van der Waals surface area contributed by atoms with Gasteiger partial charge in [-0.15, -0.1) is 0 Å². The largest absolute Gasteiger partial charge is 0.343 e. The van der Waals surface area contributed by atoms with Crippen LogP contribution in [-0.2, 0) is 17.6 Å². The maximum Gasteiger partial charge on any atom is 0.222 e. The second-order valence-corrected chi connectivity index (χ2v) is 7.43. The van der Waals surface area contributed by atoms with E-state index in [1.165, 1.54) is 0 Å². The number of aryl methyl sites for hydroxylation is 1. The summed E-state index contributed by atoms with van der Waals surface area (Å²) >= 11 is 0. The van der Waals surface area contributed by atoms with Crippen molar-refractivity contribution in [3.8, 4) is 0 Å². The van der Waals surface area contributed by atoms with E-state index in [1.807, 2.05) is 35.2 Å². The molecule has 1 amide bonds. The Morgan fingerprint density at radius 1 is 1.04 bits per heavy atom. The zero-order chi connectivity index (χ0) is 20.1. The average Bonchev–Trinajstić information content (AvgIpc) is 2.71. The van der Waals surface area contributed by atoms with Crippen LogP contribution in [0.5, 0.6) is 0 Å². The lowest BCUT2D eigenvalue weighted by Crippen LogP contribution is -2.44. The van der Waals surface area contributed by atoms with Crippen LogP contribution in [0.15, 0.2) is 42.5 Å². The normalized spacial score (nSPS) is 16.2. The molecule has 2 aromatic carbocycles. The highest BCUT2D eigenvalue weighted by Gasteiger charge is 2.27. The van der Waals surface area contributed by atoms with Crippen molar-refractivity contribution in [3.63, 3.8) is 0 Å². The average molecular weight is 390 g/mol. The predicted octanol–water partition coefficient (Wildman–Crippen LogP) is 3.85. The topological polar surface area (TPSA) is 46.3 Å². The maximum absolute atomic E-state index is 13.8. The number of amides is 1. The highest BCUT2D eigenvalue weighted by Crippen LogP contribution is 2.24. The molecule has 3 nitrogen and oxygen atoms in total. The summed E-state index contributed by atoms with van der Waals surface area (Å²) in [5.74, 6) is -2.80. The van der Waals surface area contributed by atoms with Crippen molar-refractivity contribution in [3.05, 3.63) is 71.0 Å². The van der Waals surface area contributed by atoms with Gasteiger partial charge in [0.2, 0.25) is 5.91 Å². The molecule has 0 aromatic heterocycles. The standard InChI is InChI=1S/C22H25F3N2O/c23-18-14-20(25)19(24)12-17(18)13-21(26)16-8-10-27(11-9-16)22(28)7-6-15-4-2-1-3-5-15/h1-5,12,14,16,21H,6-11,13,26H2/t21-/m1/s1. The van der Waals surface area contributed by atoms with Gasteiger partial charge in [0.15, 0.2) is 11.6 Å². The van der Waals surface area contributed by atoms with E-state index in [2.05, 4.69) is 0 Å². The lowest BCUT2D eigenvalue weighted by atomic mass is 9.86.